The number of para-hydroxylation sites is 2. The van der Waals surface area contributed by atoms with Gasteiger partial charge in [-0.3, -0.25) is 19.8 Å². The fraction of sp³-hybridized carbons (Fsp3) is 0.351. The van der Waals surface area contributed by atoms with Crippen LogP contribution in [-0.2, 0) is 37.3 Å². The van der Waals surface area contributed by atoms with E-state index in [1.54, 1.807) is 11.1 Å². The molecule has 232 valence electrons. The first-order chi connectivity index (χ1) is 21.8. The maximum absolute atomic E-state index is 13.2. The normalized spacial score (nSPS) is 14.8. The standard InChI is InChI=1S/C37H42N6O2/c1-37(2,3)45-36(44)43(26-31-12-6-7-20-38-31)25-29-18-16-28(17-19-29)24-41(34-15-8-10-30-11-9-21-39-35(30)34)22-23-42-27-40-32-13-4-5-14-33(32)42/h4-7,9,11-14,16-21,27,34H,8,10,15,22-26H2,1-3H3. The Bertz CT molecular complexity index is 1710. The van der Waals surface area contributed by atoms with Crippen molar-refractivity contribution in [2.45, 2.75) is 77.9 Å². The van der Waals surface area contributed by atoms with E-state index in [0.717, 1.165) is 61.2 Å². The molecule has 3 aromatic heterocycles. The number of fused-ring (bicyclic) bond motifs is 2. The summed E-state index contributed by atoms with van der Waals surface area (Å²) in [7, 11) is 0. The summed E-state index contributed by atoms with van der Waals surface area (Å²) in [5.41, 5.74) is 7.25. The first-order valence-electron chi connectivity index (χ1n) is 15.9. The third-order valence-corrected chi connectivity index (χ3v) is 8.27. The second-order valence-corrected chi connectivity index (χ2v) is 12.8. The fourth-order valence-electron chi connectivity index (χ4n) is 6.11. The second kappa shape index (κ2) is 13.6. The molecule has 0 saturated heterocycles. The Balaban J connectivity index is 1.20. The lowest BCUT2D eigenvalue weighted by atomic mass is 9.90. The van der Waals surface area contributed by atoms with Crippen molar-refractivity contribution in [1.82, 2.24) is 29.3 Å². The summed E-state index contributed by atoms with van der Waals surface area (Å²) in [6, 6.07) is 27.2. The van der Waals surface area contributed by atoms with Gasteiger partial charge in [-0.1, -0.05) is 48.5 Å². The van der Waals surface area contributed by atoms with Gasteiger partial charge in [0.15, 0.2) is 0 Å². The third kappa shape index (κ3) is 7.75. The van der Waals surface area contributed by atoms with Crippen LogP contribution in [0.1, 0.15) is 67.7 Å². The zero-order valence-electron chi connectivity index (χ0n) is 26.5. The molecule has 0 bridgehead atoms. The van der Waals surface area contributed by atoms with Gasteiger partial charge in [-0.05, 0) is 87.1 Å². The number of aryl methyl sites for hydroxylation is 1. The third-order valence-electron chi connectivity index (χ3n) is 8.27. The quantitative estimate of drug-likeness (QED) is 0.166. The van der Waals surface area contributed by atoms with E-state index in [1.807, 2.05) is 57.6 Å². The van der Waals surface area contributed by atoms with Gasteiger partial charge in [0, 0.05) is 38.6 Å². The van der Waals surface area contributed by atoms with Crippen molar-refractivity contribution in [2.24, 2.45) is 0 Å². The number of benzene rings is 2. The molecule has 1 amide bonds. The van der Waals surface area contributed by atoms with Crippen molar-refractivity contribution in [3.05, 3.63) is 126 Å². The summed E-state index contributed by atoms with van der Waals surface area (Å²) >= 11 is 0. The Labute approximate surface area is 265 Å². The monoisotopic (exact) mass is 602 g/mol. The summed E-state index contributed by atoms with van der Waals surface area (Å²) in [4.78, 5) is 31.4. The van der Waals surface area contributed by atoms with Gasteiger partial charge >= 0.3 is 6.09 Å². The zero-order valence-corrected chi connectivity index (χ0v) is 26.5. The SMILES string of the molecule is CC(C)(C)OC(=O)N(Cc1ccc(CN(CCn2cnc3ccccc32)C2CCCc3cccnc32)cc1)Cc1ccccn1. The Kier molecular flexibility index (Phi) is 9.21. The number of ether oxygens (including phenoxy) is 1. The van der Waals surface area contributed by atoms with Crippen LogP contribution in [0.25, 0.3) is 11.0 Å². The highest BCUT2D eigenvalue weighted by molar-refractivity contribution is 5.74. The van der Waals surface area contributed by atoms with Crippen LogP contribution < -0.4 is 0 Å². The van der Waals surface area contributed by atoms with Crippen LogP contribution in [0, 0.1) is 0 Å². The first kappa shape index (κ1) is 30.5. The van der Waals surface area contributed by atoms with E-state index in [-0.39, 0.29) is 12.1 Å². The number of carbonyl (C=O) groups excluding carboxylic acids is 1. The zero-order chi connectivity index (χ0) is 31.2. The molecule has 8 heteroatoms. The summed E-state index contributed by atoms with van der Waals surface area (Å²) in [5.74, 6) is 0. The van der Waals surface area contributed by atoms with Gasteiger partial charge < -0.3 is 9.30 Å². The lowest BCUT2D eigenvalue weighted by Crippen LogP contribution is -2.36. The highest BCUT2D eigenvalue weighted by Gasteiger charge is 2.28. The van der Waals surface area contributed by atoms with E-state index in [1.165, 1.54) is 16.8 Å². The number of aromatic nitrogens is 4. The summed E-state index contributed by atoms with van der Waals surface area (Å²) in [6.45, 7) is 9.00. The average Bonchev–Trinajstić information content (AvgIpc) is 3.46. The van der Waals surface area contributed by atoms with E-state index in [2.05, 4.69) is 74.0 Å². The highest BCUT2D eigenvalue weighted by Crippen LogP contribution is 2.34. The Morgan fingerprint density at radius 3 is 2.40 bits per heavy atom. The number of hydrogen-bond donors (Lipinski definition) is 0. The van der Waals surface area contributed by atoms with E-state index in [4.69, 9.17) is 9.72 Å². The molecular formula is C37H42N6O2. The van der Waals surface area contributed by atoms with Crippen LogP contribution >= 0.6 is 0 Å². The predicted octanol–water partition coefficient (Wildman–Crippen LogP) is 7.34. The Morgan fingerprint density at radius 1 is 0.867 bits per heavy atom. The molecule has 0 radical (unpaired) electrons. The van der Waals surface area contributed by atoms with Gasteiger partial charge in [-0.2, -0.15) is 0 Å². The van der Waals surface area contributed by atoms with Gasteiger partial charge in [0.1, 0.15) is 5.60 Å². The smallest absolute Gasteiger partial charge is 0.410 e. The minimum atomic E-state index is -0.581. The molecule has 3 heterocycles. The van der Waals surface area contributed by atoms with Crippen LogP contribution in [0.4, 0.5) is 4.79 Å². The van der Waals surface area contributed by atoms with Crippen LogP contribution in [0.2, 0.25) is 0 Å². The molecule has 0 fully saturated rings. The average molecular weight is 603 g/mol. The van der Waals surface area contributed by atoms with Crippen molar-refractivity contribution in [3.8, 4) is 0 Å². The number of pyridine rings is 2. The number of amides is 1. The van der Waals surface area contributed by atoms with Gasteiger partial charge in [0.05, 0.1) is 41.3 Å². The van der Waals surface area contributed by atoms with Crippen LogP contribution in [-0.4, -0.2) is 47.6 Å². The molecule has 0 N–H and O–H groups in total. The van der Waals surface area contributed by atoms with Gasteiger partial charge in [0.2, 0.25) is 0 Å². The largest absolute Gasteiger partial charge is 0.444 e. The van der Waals surface area contributed by atoms with Crippen LogP contribution in [0.5, 0.6) is 0 Å². The van der Waals surface area contributed by atoms with E-state index >= 15 is 0 Å². The lowest BCUT2D eigenvalue weighted by Gasteiger charge is -2.35. The van der Waals surface area contributed by atoms with Crippen LogP contribution in [0.15, 0.2) is 97.6 Å². The molecule has 0 saturated carbocycles. The molecule has 0 spiro atoms. The minimum Gasteiger partial charge on any atom is -0.444 e. The molecule has 1 aliphatic carbocycles. The fourth-order valence-corrected chi connectivity index (χ4v) is 6.11. The minimum absolute atomic E-state index is 0.255. The van der Waals surface area contributed by atoms with Crippen molar-refractivity contribution in [3.63, 3.8) is 0 Å². The maximum Gasteiger partial charge on any atom is 0.410 e. The molecule has 1 aliphatic rings. The number of carbonyl (C=O) groups is 1. The van der Waals surface area contributed by atoms with E-state index in [9.17, 15) is 4.79 Å². The van der Waals surface area contributed by atoms with Crippen molar-refractivity contribution in [1.29, 1.82) is 0 Å². The summed E-state index contributed by atoms with van der Waals surface area (Å²) < 4.78 is 7.99. The van der Waals surface area contributed by atoms with Crippen LogP contribution in [0.3, 0.4) is 0 Å². The van der Waals surface area contributed by atoms with Gasteiger partial charge in [0.25, 0.3) is 0 Å². The molecule has 0 aliphatic heterocycles. The number of nitrogens with zero attached hydrogens (tertiary/aromatic N) is 6. The molecule has 6 rings (SSSR count). The van der Waals surface area contributed by atoms with Crippen molar-refractivity contribution < 1.29 is 9.53 Å². The number of hydrogen-bond acceptors (Lipinski definition) is 6. The van der Waals surface area contributed by atoms with Gasteiger partial charge in [-0.25, -0.2) is 9.78 Å². The second-order valence-electron chi connectivity index (χ2n) is 12.8. The lowest BCUT2D eigenvalue weighted by molar-refractivity contribution is 0.0214. The number of imidazole rings is 1. The van der Waals surface area contributed by atoms with Crippen molar-refractivity contribution in [2.75, 3.05) is 6.54 Å². The molecular weight excluding hydrogens is 560 g/mol. The number of rotatable bonds is 10. The first-order valence-corrected chi connectivity index (χ1v) is 15.9. The van der Waals surface area contributed by atoms with E-state index in [0.29, 0.717) is 13.1 Å². The molecule has 1 atom stereocenters. The topological polar surface area (TPSA) is 76.4 Å². The van der Waals surface area contributed by atoms with Gasteiger partial charge in [-0.15, -0.1) is 0 Å². The maximum atomic E-state index is 13.2. The highest BCUT2D eigenvalue weighted by atomic mass is 16.6. The molecule has 1 unspecified atom stereocenters. The molecule has 8 nitrogen and oxygen atoms in total. The van der Waals surface area contributed by atoms with Crippen molar-refractivity contribution >= 4 is 17.1 Å². The summed E-state index contributed by atoms with van der Waals surface area (Å²) in [6.07, 6.45) is 8.61. The molecule has 45 heavy (non-hydrogen) atoms. The molecule has 2 aromatic carbocycles. The summed E-state index contributed by atoms with van der Waals surface area (Å²) in [5, 5.41) is 0. The van der Waals surface area contributed by atoms with E-state index < -0.39 is 5.60 Å². The Hall–Kier alpha value is -4.56. The predicted molar refractivity (Wildman–Crippen MR) is 176 cm³/mol. The molecule has 5 aromatic rings. The Morgan fingerprint density at radius 2 is 1.62 bits per heavy atom.